The Morgan fingerprint density at radius 2 is 1.89 bits per heavy atom. The normalized spacial score (nSPS) is 12.0. The van der Waals surface area contributed by atoms with Crippen molar-refractivity contribution < 1.29 is 14.3 Å². The summed E-state index contributed by atoms with van der Waals surface area (Å²) in [5.41, 5.74) is 2.22. The Morgan fingerprint density at radius 3 is 2.57 bits per heavy atom. The van der Waals surface area contributed by atoms with Crippen molar-refractivity contribution in [2.45, 2.75) is 31.8 Å². The Labute approximate surface area is 168 Å². The van der Waals surface area contributed by atoms with Gasteiger partial charge in [0, 0.05) is 11.9 Å². The maximum absolute atomic E-state index is 12.4. The molecule has 28 heavy (non-hydrogen) atoms. The van der Waals surface area contributed by atoms with Crippen molar-refractivity contribution in [1.29, 1.82) is 0 Å². The number of hydrogen-bond donors (Lipinski definition) is 1. The number of amides is 1. The fraction of sp³-hybridized carbons (Fsp3) is 0.286. The first-order valence-corrected chi connectivity index (χ1v) is 9.96. The molecule has 146 valence electrons. The molecule has 7 heteroatoms. The number of thioether (sulfide) groups is 1. The average Bonchev–Trinajstić information content (AvgIpc) is 2.92. The molecule has 1 N–H and O–H groups in total. The van der Waals surface area contributed by atoms with Crippen LogP contribution in [-0.4, -0.2) is 33.5 Å². The highest BCUT2D eigenvalue weighted by atomic mass is 32.2. The average molecular weight is 398 g/mol. The molecule has 0 radical (unpaired) electrons. The highest BCUT2D eigenvalue weighted by Gasteiger charge is 2.21. The van der Waals surface area contributed by atoms with Crippen LogP contribution in [-0.2, 0) is 21.4 Å². The van der Waals surface area contributed by atoms with Crippen LogP contribution < -0.4 is 5.32 Å². The van der Waals surface area contributed by atoms with E-state index in [-0.39, 0.29) is 11.7 Å². The van der Waals surface area contributed by atoms with Crippen LogP contribution in [0.15, 0.2) is 47.4 Å². The molecular weight excluding hydrogens is 374 g/mol. The van der Waals surface area contributed by atoms with Gasteiger partial charge in [-0.05, 0) is 43.7 Å². The van der Waals surface area contributed by atoms with Gasteiger partial charge in [0.15, 0.2) is 6.10 Å². The van der Waals surface area contributed by atoms with Crippen LogP contribution in [0, 0.1) is 13.8 Å². The summed E-state index contributed by atoms with van der Waals surface area (Å²) >= 11 is 1.39. The highest BCUT2D eigenvalue weighted by Crippen LogP contribution is 2.24. The van der Waals surface area contributed by atoms with E-state index in [1.54, 1.807) is 11.6 Å². The number of anilines is 1. The van der Waals surface area contributed by atoms with Gasteiger partial charge in [0.25, 0.3) is 5.91 Å². The number of nitrogens with one attached hydrogen (secondary N) is 1. The number of rotatable bonds is 6. The summed E-state index contributed by atoms with van der Waals surface area (Å²) in [7, 11) is 1.81. The summed E-state index contributed by atoms with van der Waals surface area (Å²) in [5, 5.41) is 9.33. The molecule has 0 aliphatic carbocycles. The van der Waals surface area contributed by atoms with Gasteiger partial charge in [0.2, 0.25) is 0 Å². The molecule has 0 unspecified atom stereocenters. The minimum Gasteiger partial charge on any atom is -0.452 e. The topological polar surface area (TPSA) is 73.2 Å². The van der Waals surface area contributed by atoms with Gasteiger partial charge in [-0.25, -0.2) is 0 Å². The largest absolute Gasteiger partial charge is 0.452 e. The zero-order valence-electron chi connectivity index (χ0n) is 16.4. The van der Waals surface area contributed by atoms with Crippen LogP contribution in [0.3, 0.4) is 0 Å². The number of benzene rings is 2. The highest BCUT2D eigenvalue weighted by molar-refractivity contribution is 8.00. The molecule has 3 aromatic rings. The van der Waals surface area contributed by atoms with E-state index < -0.39 is 12.1 Å². The first kappa shape index (κ1) is 19.9. The van der Waals surface area contributed by atoms with Gasteiger partial charge in [-0.1, -0.05) is 30.3 Å². The summed E-state index contributed by atoms with van der Waals surface area (Å²) in [6.45, 7) is 5.25. The van der Waals surface area contributed by atoms with Crippen molar-refractivity contribution in [3.8, 4) is 0 Å². The summed E-state index contributed by atoms with van der Waals surface area (Å²) in [6.07, 6.45) is -0.885. The number of carbonyl (C=O) groups excluding carboxylic acids is 2. The molecule has 0 bridgehead atoms. The molecule has 6 nitrogen and oxygen atoms in total. The van der Waals surface area contributed by atoms with Crippen molar-refractivity contribution in [2.24, 2.45) is 7.05 Å². The van der Waals surface area contributed by atoms with E-state index in [1.807, 2.05) is 63.4 Å². The van der Waals surface area contributed by atoms with Crippen molar-refractivity contribution in [3.63, 3.8) is 0 Å². The van der Waals surface area contributed by atoms with Gasteiger partial charge in [-0.3, -0.25) is 14.3 Å². The van der Waals surface area contributed by atoms with Crippen LogP contribution in [0.1, 0.15) is 18.3 Å². The number of fused-ring (bicyclic) bond motifs is 1. The summed E-state index contributed by atoms with van der Waals surface area (Å²) in [4.78, 5) is 25.5. The third kappa shape index (κ3) is 4.54. The van der Waals surface area contributed by atoms with Gasteiger partial charge in [0.05, 0.1) is 22.8 Å². The minimum absolute atomic E-state index is 0.140. The molecule has 1 aromatic heterocycles. The van der Waals surface area contributed by atoms with E-state index in [0.29, 0.717) is 5.69 Å². The number of aryl methyl sites for hydroxylation is 2. The monoisotopic (exact) mass is 397 g/mol. The number of ether oxygens (including phenoxy) is 1. The summed E-state index contributed by atoms with van der Waals surface area (Å²) in [5.74, 6) is -0.662. The molecule has 0 spiro atoms. The smallest absolute Gasteiger partial charge is 0.317 e. The molecule has 0 fully saturated rings. The summed E-state index contributed by atoms with van der Waals surface area (Å²) < 4.78 is 6.98. The zero-order valence-corrected chi connectivity index (χ0v) is 17.2. The molecule has 0 saturated carbocycles. The fourth-order valence-corrected chi connectivity index (χ4v) is 3.59. The molecule has 1 heterocycles. The molecule has 0 aliphatic rings. The van der Waals surface area contributed by atoms with Crippen LogP contribution in [0.2, 0.25) is 0 Å². The van der Waals surface area contributed by atoms with Crippen LogP contribution >= 0.6 is 11.8 Å². The van der Waals surface area contributed by atoms with E-state index in [4.69, 9.17) is 4.74 Å². The van der Waals surface area contributed by atoms with Gasteiger partial charge in [-0.2, -0.15) is 5.10 Å². The second-order valence-electron chi connectivity index (χ2n) is 6.59. The maximum atomic E-state index is 12.4. The third-order valence-corrected chi connectivity index (χ3v) is 5.48. The van der Waals surface area contributed by atoms with Crippen LogP contribution in [0.25, 0.3) is 10.8 Å². The molecule has 1 amide bonds. The number of hydrogen-bond acceptors (Lipinski definition) is 5. The second kappa shape index (κ2) is 8.48. The van der Waals surface area contributed by atoms with Gasteiger partial charge < -0.3 is 10.1 Å². The minimum atomic E-state index is -0.885. The zero-order chi connectivity index (χ0) is 20.3. The predicted molar refractivity (Wildman–Crippen MR) is 112 cm³/mol. The standard InChI is InChI=1S/C21H23N3O3S/c1-13-20(14(2)24(4)23-13)22-21(26)15(3)27-19(25)12-28-18-10-9-16-7-5-6-8-17(16)11-18/h5-11,15H,12H2,1-4H3,(H,22,26)/t15-/m0/s1. The lowest BCUT2D eigenvalue weighted by molar-refractivity contribution is -0.150. The number of aromatic nitrogens is 2. The molecule has 0 saturated heterocycles. The first-order chi connectivity index (χ1) is 13.3. The van der Waals surface area contributed by atoms with Gasteiger partial charge in [0.1, 0.15) is 0 Å². The summed E-state index contributed by atoms with van der Waals surface area (Å²) in [6, 6.07) is 14.1. The third-order valence-electron chi connectivity index (χ3n) is 4.51. The fourth-order valence-electron chi connectivity index (χ4n) is 2.86. The number of esters is 1. The van der Waals surface area contributed by atoms with Crippen LogP contribution in [0.5, 0.6) is 0 Å². The van der Waals surface area contributed by atoms with E-state index in [2.05, 4.69) is 10.4 Å². The molecule has 1 atom stereocenters. The van der Waals surface area contributed by atoms with Crippen molar-refractivity contribution >= 4 is 40.1 Å². The SMILES string of the molecule is Cc1nn(C)c(C)c1NC(=O)[C@H](C)OC(=O)CSc1ccc2ccccc2c1. The van der Waals surface area contributed by atoms with E-state index in [1.165, 1.54) is 11.8 Å². The predicted octanol–water partition coefficient (Wildman–Crippen LogP) is 3.85. The lowest BCUT2D eigenvalue weighted by Crippen LogP contribution is -2.30. The lowest BCUT2D eigenvalue weighted by atomic mass is 10.1. The quantitative estimate of drug-likeness (QED) is 0.505. The second-order valence-corrected chi connectivity index (χ2v) is 7.64. The Bertz CT molecular complexity index is 1030. The van der Waals surface area contributed by atoms with Crippen molar-refractivity contribution in [2.75, 3.05) is 11.1 Å². The lowest BCUT2D eigenvalue weighted by Gasteiger charge is -2.13. The van der Waals surface area contributed by atoms with Crippen LogP contribution in [0.4, 0.5) is 5.69 Å². The molecular formula is C21H23N3O3S. The van der Waals surface area contributed by atoms with Gasteiger partial charge >= 0.3 is 5.97 Å². The van der Waals surface area contributed by atoms with Crippen molar-refractivity contribution in [3.05, 3.63) is 53.9 Å². The van der Waals surface area contributed by atoms with E-state index >= 15 is 0 Å². The van der Waals surface area contributed by atoms with E-state index in [0.717, 1.165) is 27.1 Å². The van der Waals surface area contributed by atoms with Gasteiger partial charge in [-0.15, -0.1) is 11.8 Å². The number of nitrogens with zero attached hydrogens (tertiary/aromatic N) is 2. The Morgan fingerprint density at radius 1 is 1.18 bits per heavy atom. The first-order valence-electron chi connectivity index (χ1n) is 8.97. The maximum Gasteiger partial charge on any atom is 0.317 e. The Hall–Kier alpha value is -2.80. The van der Waals surface area contributed by atoms with Crippen molar-refractivity contribution in [1.82, 2.24) is 9.78 Å². The Kier molecular flexibility index (Phi) is 6.04. The molecule has 2 aromatic carbocycles. The molecule has 3 rings (SSSR count). The molecule has 0 aliphatic heterocycles. The Balaban J connectivity index is 1.53. The van der Waals surface area contributed by atoms with E-state index in [9.17, 15) is 9.59 Å². The number of carbonyl (C=O) groups is 2.